The number of nitrogens with zero attached hydrogens (tertiary/aromatic N) is 2. The number of aliphatic hydroxyl groups is 1. The van der Waals surface area contributed by atoms with E-state index in [9.17, 15) is 9.90 Å². The Bertz CT molecular complexity index is 581. The first-order valence-corrected chi connectivity index (χ1v) is 5.84. The molecule has 0 bridgehead atoms. The number of hydrogen-bond acceptors (Lipinski definition) is 2. The molecule has 0 fully saturated rings. The highest BCUT2D eigenvalue weighted by Crippen LogP contribution is 2.13. The fraction of sp³-hybridized carbons (Fsp3) is 0.462. The molecule has 0 amide bonds. The van der Waals surface area contributed by atoms with Gasteiger partial charge in [-0.25, -0.2) is 4.79 Å². The predicted molar refractivity (Wildman–Crippen MR) is 68.0 cm³/mol. The maximum atomic E-state index is 12.1. The molecule has 1 aromatic heterocycles. The van der Waals surface area contributed by atoms with E-state index in [-0.39, 0.29) is 11.6 Å². The number of fused-ring (bicyclic) bond motifs is 1. The quantitative estimate of drug-likeness (QED) is 0.871. The topological polar surface area (TPSA) is 47.2 Å². The first-order chi connectivity index (χ1) is 8.02. The van der Waals surface area contributed by atoms with Gasteiger partial charge in [0.2, 0.25) is 0 Å². The summed E-state index contributed by atoms with van der Waals surface area (Å²) in [6.07, 6.45) is -0.501. The standard InChI is InChI=1S/C13H18N2O2/c1-9(2)12(16)8-15-11-7-5-4-6-10(11)14(3)13(15)17/h4-7,9,12,16H,8H2,1-3H3. The van der Waals surface area contributed by atoms with E-state index in [0.29, 0.717) is 6.54 Å². The lowest BCUT2D eigenvalue weighted by atomic mass is 10.1. The van der Waals surface area contributed by atoms with Gasteiger partial charge < -0.3 is 5.11 Å². The summed E-state index contributed by atoms with van der Waals surface area (Å²) in [6.45, 7) is 4.24. The Morgan fingerprint density at radius 2 is 1.82 bits per heavy atom. The molecule has 1 heterocycles. The zero-order valence-corrected chi connectivity index (χ0v) is 10.4. The molecule has 2 rings (SSSR count). The van der Waals surface area contributed by atoms with Crippen molar-refractivity contribution in [1.29, 1.82) is 0 Å². The summed E-state index contributed by atoms with van der Waals surface area (Å²) in [6, 6.07) is 7.63. The van der Waals surface area contributed by atoms with E-state index in [2.05, 4.69) is 0 Å². The molecule has 92 valence electrons. The summed E-state index contributed by atoms with van der Waals surface area (Å²) < 4.78 is 3.25. The molecule has 0 spiro atoms. The van der Waals surface area contributed by atoms with Crippen molar-refractivity contribution < 1.29 is 5.11 Å². The van der Waals surface area contributed by atoms with Gasteiger partial charge in [-0.3, -0.25) is 9.13 Å². The van der Waals surface area contributed by atoms with Crippen molar-refractivity contribution in [2.24, 2.45) is 13.0 Å². The average Bonchev–Trinajstić information content (AvgIpc) is 2.55. The highest BCUT2D eigenvalue weighted by atomic mass is 16.3. The molecule has 1 atom stereocenters. The second-order valence-corrected chi connectivity index (χ2v) is 4.75. The van der Waals surface area contributed by atoms with E-state index < -0.39 is 6.10 Å². The van der Waals surface area contributed by atoms with E-state index >= 15 is 0 Å². The van der Waals surface area contributed by atoms with Crippen LogP contribution in [0.5, 0.6) is 0 Å². The summed E-state index contributed by atoms with van der Waals surface area (Å²) >= 11 is 0. The predicted octanol–water partition coefficient (Wildman–Crippen LogP) is 1.36. The summed E-state index contributed by atoms with van der Waals surface area (Å²) in [5.74, 6) is 0.140. The van der Waals surface area contributed by atoms with Gasteiger partial charge in [-0.05, 0) is 18.1 Å². The Morgan fingerprint density at radius 3 is 2.41 bits per heavy atom. The monoisotopic (exact) mass is 234 g/mol. The van der Waals surface area contributed by atoms with Gasteiger partial charge in [-0.2, -0.15) is 0 Å². The summed E-state index contributed by atoms with van der Waals surface area (Å²) in [5.41, 5.74) is 1.69. The van der Waals surface area contributed by atoms with Crippen LogP contribution >= 0.6 is 0 Å². The van der Waals surface area contributed by atoms with Gasteiger partial charge in [0, 0.05) is 7.05 Å². The number of rotatable bonds is 3. The zero-order valence-electron chi connectivity index (χ0n) is 10.4. The number of aryl methyl sites for hydroxylation is 1. The minimum absolute atomic E-state index is 0.0779. The van der Waals surface area contributed by atoms with Crippen molar-refractivity contribution in [2.75, 3.05) is 0 Å². The van der Waals surface area contributed by atoms with Crippen LogP contribution in [-0.2, 0) is 13.6 Å². The van der Waals surface area contributed by atoms with Gasteiger partial charge in [0.05, 0.1) is 23.7 Å². The van der Waals surface area contributed by atoms with Gasteiger partial charge in [0.15, 0.2) is 0 Å². The molecule has 0 radical (unpaired) electrons. The highest BCUT2D eigenvalue weighted by molar-refractivity contribution is 5.75. The fourth-order valence-electron chi connectivity index (χ4n) is 1.94. The average molecular weight is 234 g/mol. The van der Waals surface area contributed by atoms with Crippen LogP contribution in [0.15, 0.2) is 29.1 Å². The zero-order chi connectivity index (χ0) is 12.6. The van der Waals surface area contributed by atoms with Crippen LogP contribution in [0.25, 0.3) is 11.0 Å². The van der Waals surface area contributed by atoms with Crippen molar-refractivity contribution in [3.05, 3.63) is 34.7 Å². The first kappa shape index (κ1) is 11.9. The molecule has 1 unspecified atom stereocenters. The minimum Gasteiger partial charge on any atom is -0.391 e. The molecule has 0 aliphatic heterocycles. The number of hydrogen-bond donors (Lipinski definition) is 1. The second kappa shape index (κ2) is 4.37. The Hall–Kier alpha value is -1.55. The minimum atomic E-state index is -0.501. The van der Waals surface area contributed by atoms with Gasteiger partial charge in [0.1, 0.15) is 0 Å². The molecule has 1 N–H and O–H groups in total. The Kier molecular flexibility index (Phi) is 3.07. The largest absolute Gasteiger partial charge is 0.391 e. The number of para-hydroxylation sites is 2. The van der Waals surface area contributed by atoms with Crippen molar-refractivity contribution in [2.45, 2.75) is 26.5 Å². The molecular weight excluding hydrogens is 216 g/mol. The maximum Gasteiger partial charge on any atom is 0.328 e. The van der Waals surface area contributed by atoms with E-state index in [4.69, 9.17) is 0 Å². The first-order valence-electron chi connectivity index (χ1n) is 5.84. The van der Waals surface area contributed by atoms with Crippen LogP contribution in [0.3, 0.4) is 0 Å². The third-order valence-corrected chi connectivity index (χ3v) is 3.19. The van der Waals surface area contributed by atoms with Gasteiger partial charge in [0.25, 0.3) is 0 Å². The van der Waals surface area contributed by atoms with Gasteiger partial charge >= 0.3 is 5.69 Å². The van der Waals surface area contributed by atoms with Crippen LogP contribution in [0.1, 0.15) is 13.8 Å². The van der Waals surface area contributed by atoms with E-state index in [0.717, 1.165) is 11.0 Å². The smallest absolute Gasteiger partial charge is 0.328 e. The Labute approximate surface area is 100 Å². The van der Waals surface area contributed by atoms with Crippen LogP contribution < -0.4 is 5.69 Å². The van der Waals surface area contributed by atoms with Gasteiger partial charge in [-0.15, -0.1) is 0 Å². The molecular formula is C13H18N2O2. The van der Waals surface area contributed by atoms with Gasteiger partial charge in [-0.1, -0.05) is 26.0 Å². The van der Waals surface area contributed by atoms with Crippen LogP contribution in [0.2, 0.25) is 0 Å². The molecule has 17 heavy (non-hydrogen) atoms. The van der Waals surface area contributed by atoms with Crippen LogP contribution in [0.4, 0.5) is 0 Å². The molecule has 1 aromatic carbocycles. The molecule has 0 aliphatic carbocycles. The van der Waals surface area contributed by atoms with E-state index in [1.807, 2.05) is 38.1 Å². The number of aliphatic hydroxyl groups excluding tert-OH is 1. The lowest BCUT2D eigenvalue weighted by molar-refractivity contribution is 0.107. The van der Waals surface area contributed by atoms with E-state index in [1.165, 1.54) is 0 Å². The maximum absolute atomic E-state index is 12.1. The molecule has 4 heteroatoms. The lowest BCUT2D eigenvalue weighted by Crippen LogP contribution is -2.30. The van der Waals surface area contributed by atoms with Crippen molar-refractivity contribution in [1.82, 2.24) is 9.13 Å². The van der Waals surface area contributed by atoms with Crippen molar-refractivity contribution in [3.63, 3.8) is 0 Å². The molecule has 4 nitrogen and oxygen atoms in total. The highest BCUT2D eigenvalue weighted by Gasteiger charge is 2.15. The molecule has 0 aliphatic rings. The SMILES string of the molecule is CC(C)C(O)Cn1c(=O)n(C)c2ccccc21. The normalized spacial score (nSPS) is 13.5. The number of benzene rings is 1. The second-order valence-electron chi connectivity index (χ2n) is 4.75. The molecule has 0 saturated carbocycles. The number of imidazole rings is 1. The third-order valence-electron chi connectivity index (χ3n) is 3.19. The van der Waals surface area contributed by atoms with Crippen molar-refractivity contribution in [3.8, 4) is 0 Å². The number of aromatic nitrogens is 2. The van der Waals surface area contributed by atoms with Crippen LogP contribution in [-0.4, -0.2) is 20.3 Å². The van der Waals surface area contributed by atoms with Crippen molar-refractivity contribution >= 4 is 11.0 Å². The molecule has 2 aromatic rings. The summed E-state index contributed by atoms with van der Waals surface area (Å²) in [5, 5.41) is 9.90. The summed E-state index contributed by atoms with van der Waals surface area (Å²) in [4.78, 5) is 12.1. The fourth-order valence-corrected chi connectivity index (χ4v) is 1.94. The third kappa shape index (κ3) is 2.00. The lowest BCUT2D eigenvalue weighted by Gasteiger charge is -2.14. The van der Waals surface area contributed by atoms with E-state index in [1.54, 1.807) is 16.2 Å². The van der Waals surface area contributed by atoms with Crippen LogP contribution in [0, 0.1) is 5.92 Å². The Morgan fingerprint density at radius 1 is 1.24 bits per heavy atom. The Balaban J connectivity index is 2.54. The summed E-state index contributed by atoms with van der Waals surface area (Å²) in [7, 11) is 1.75. The molecule has 0 saturated heterocycles.